The summed E-state index contributed by atoms with van der Waals surface area (Å²) in [5, 5.41) is 0. The molecule has 0 saturated carbocycles. The van der Waals surface area contributed by atoms with Crippen LogP contribution in [-0.2, 0) is 23.0 Å². The molecule has 2 aromatic rings. The molecule has 0 aliphatic carbocycles. The second-order valence-corrected chi connectivity index (χ2v) is 8.04. The smallest absolute Gasteiger partial charge is 0.207 e. The minimum Gasteiger partial charge on any atom is -0.207 e. The van der Waals surface area contributed by atoms with E-state index in [2.05, 4.69) is 13.8 Å². The SMILES string of the molecule is CC(C)Cc1cccc(S(=O)(=O)N(C)Cc2ccccc2)c1. The van der Waals surface area contributed by atoms with Gasteiger partial charge in [0, 0.05) is 13.6 Å². The summed E-state index contributed by atoms with van der Waals surface area (Å²) in [5.74, 6) is 0.500. The van der Waals surface area contributed by atoms with E-state index in [0.717, 1.165) is 17.5 Å². The van der Waals surface area contributed by atoms with Gasteiger partial charge in [0.2, 0.25) is 10.0 Å². The number of rotatable bonds is 6. The lowest BCUT2D eigenvalue weighted by atomic mass is 10.0. The normalized spacial score (nSPS) is 12.0. The Morgan fingerprint density at radius 3 is 2.23 bits per heavy atom. The highest BCUT2D eigenvalue weighted by Gasteiger charge is 2.21. The van der Waals surface area contributed by atoms with E-state index >= 15 is 0 Å². The summed E-state index contributed by atoms with van der Waals surface area (Å²) in [7, 11) is -1.84. The Bertz CT molecular complexity index is 709. The zero-order chi connectivity index (χ0) is 16.2. The van der Waals surface area contributed by atoms with Gasteiger partial charge in [-0.2, -0.15) is 4.31 Å². The van der Waals surface area contributed by atoms with Gasteiger partial charge in [-0.3, -0.25) is 0 Å². The lowest BCUT2D eigenvalue weighted by molar-refractivity contribution is 0.466. The molecule has 22 heavy (non-hydrogen) atoms. The first kappa shape index (κ1) is 16.7. The fourth-order valence-corrected chi connectivity index (χ4v) is 3.64. The summed E-state index contributed by atoms with van der Waals surface area (Å²) in [5.41, 5.74) is 2.04. The van der Waals surface area contributed by atoms with Crippen LogP contribution in [0.4, 0.5) is 0 Å². The van der Waals surface area contributed by atoms with Crippen molar-refractivity contribution in [3.8, 4) is 0 Å². The molecule has 118 valence electrons. The molecule has 0 bridgehead atoms. The Morgan fingerprint density at radius 1 is 0.955 bits per heavy atom. The van der Waals surface area contributed by atoms with Crippen LogP contribution in [0, 0.1) is 5.92 Å². The van der Waals surface area contributed by atoms with Crippen molar-refractivity contribution < 1.29 is 8.42 Å². The maximum atomic E-state index is 12.7. The Hall–Kier alpha value is -1.65. The van der Waals surface area contributed by atoms with Crippen LogP contribution < -0.4 is 0 Å². The summed E-state index contributed by atoms with van der Waals surface area (Å²) >= 11 is 0. The van der Waals surface area contributed by atoms with Gasteiger partial charge in [-0.05, 0) is 35.6 Å². The Morgan fingerprint density at radius 2 is 1.59 bits per heavy atom. The third-order valence-corrected chi connectivity index (χ3v) is 5.30. The van der Waals surface area contributed by atoms with E-state index in [1.54, 1.807) is 19.2 Å². The van der Waals surface area contributed by atoms with Crippen molar-refractivity contribution in [1.29, 1.82) is 0 Å². The lowest BCUT2D eigenvalue weighted by Crippen LogP contribution is -2.26. The van der Waals surface area contributed by atoms with Crippen LogP contribution in [0.15, 0.2) is 59.5 Å². The summed E-state index contributed by atoms with van der Waals surface area (Å²) in [6, 6.07) is 16.9. The van der Waals surface area contributed by atoms with Crippen LogP contribution in [0.25, 0.3) is 0 Å². The van der Waals surface area contributed by atoms with Gasteiger partial charge in [-0.15, -0.1) is 0 Å². The summed E-state index contributed by atoms with van der Waals surface area (Å²) in [6.45, 7) is 4.63. The van der Waals surface area contributed by atoms with E-state index in [-0.39, 0.29) is 0 Å². The van der Waals surface area contributed by atoms with E-state index in [1.807, 2.05) is 42.5 Å². The van der Waals surface area contributed by atoms with E-state index in [1.165, 1.54) is 4.31 Å². The molecule has 0 spiro atoms. The van der Waals surface area contributed by atoms with Crippen molar-refractivity contribution in [3.63, 3.8) is 0 Å². The molecule has 0 heterocycles. The molecular weight excluding hydrogens is 294 g/mol. The standard InChI is InChI=1S/C18H23NO2S/c1-15(2)12-17-10-7-11-18(13-17)22(20,21)19(3)14-16-8-5-4-6-9-16/h4-11,13,15H,12,14H2,1-3H3. The first-order valence-corrected chi connectivity index (χ1v) is 8.93. The van der Waals surface area contributed by atoms with Crippen LogP contribution in [0.5, 0.6) is 0 Å². The molecule has 0 atom stereocenters. The van der Waals surface area contributed by atoms with E-state index in [9.17, 15) is 8.42 Å². The minimum absolute atomic E-state index is 0.365. The van der Waals surface area contributed by atoms with Gasteiger partial charge < -0.3 is 0 Å². The highest BCUT2D eigenvalue weighted by molar-refractivity contribution is 7.89. The van der Waals surface area contributed by atoms with E-state index in [0.29, 0.717) is 17.4 Å². The van der Waals surface area contributed by atoms with Gasteiger partial charge in [0.25, 0.3) is 0 Å². The van der Waals surface area contributed by atoms with E-state index < -0.39 is 10.0 Å². The third kappa shape index (κ3) is 4.18. The molecule has 3 nitrogen and oxygen atoms in total. The fourth-order valence-electron chi connectivity index (χ4n) is 2.41. The third-order valence-electron chi connectivity index (χ3n) is 3.50. The highest BCUT2D eigenvalue weighted by Crippen LogP contribution is 2.19. The van der Waals surface area contributed by atoms with Crippen LogP contribution in [0.3, 0.4) is 0 Å². The summed E-state index contributed by atoms with van der Waals surface area (Å²) in [6.07, 6.45) is 0.881. The predicted molar refractivity (Wildman–Crippen MR) is 90.1 cm³/mol. The van der Waals surface area contributed by atoms with Crippen molar-refractivity contribution in [3.05, 3.63) is 65.7 Å². The number of hydrogen-bond acceptors (Lipinski definition) is 2. The van der Waals surface area contributed by atoms with Gasteiger partial charge in [0.15, 0.2) is 0 Å². The maximum absolute atomic E-state index is 12.7. The quantitative estimate of drug-likeness (QED) is 0.814. The zero-order valence-corrected chi connectivity index (χ0v) is 14.2. The monoisotopic (exact) mass is 317 g/mol. The van der Waals surface area contributed by atoms with Crippen LogP contribution in [0.1, 0.15) is 25.0 Å². The molecule has 0 N–H and O–H groups in total. The van der Waals surface area contributed by atoms with Crippen molar-refractivity contribution >= 4 is 10.0 Å². The number of hydrogen-bond donors (Lipinski definition) is 0. The van der Waals surface area contributed by atoms with Gasteiger partial charge in [-0.25, -0.2) is 8.42 Å². The van der Waals surface area contributed by atoms with Gasteiger partial charge in [-0.1, -0.05) is 56.3 Å². The molecule has 0 unspecified atom stereocenters. The predicted octanol–water partition coefficient (Wildman–Crippen LogP) is 3.71. The molecule has 2 rings (SSSR count). The van der Waals surface area contributed by atoms with Crippen molar-refractivity contribution in [2.45, 2.75) is 31.7 Å². The fraction of sp³-hybridized carbons (Fsp3) is 0.333. The average Bonchev–Trinajstić information content (AvgIpc) is 2.48. The molecule has 0 radical (unpaired) electrons. The summed E-state index contributed by atoms with van der Waals surface area (Å²) < 4.78 is 26.8. The van der Waals surface area contributed by atoms with Crippen LogP contribution in [-0.4, -0.2) is 19.8 Å². The van der Waals surface area contributed by atoms with Crippen LogP contribution in [0.2, 0.25) is 0 Å². The highest BCUT2D eigenvalue weighted by atomic mass is 32.2. The second kappa shape index (κ2) is 7.07. The molecule has 0 aromatic heterocycles. The van der Waals surface area contributed by atoms with Gasteiger partial charge in [0.1, 0.15) is 0 Å². The first-order valence-electron chi connectivity index (χ1n) is 7.49. The minimum atomic E-state index is -3.46. The molecule has 2 aromatic carbocycles. The molecule has 4 heteroatoms. The number of benzene rings is 2. The van der Waals surface area contributed by atoms with Gasteiger partial charge >= 0.3 is 0 Å². The van der Waals surface area contributed by atoms with Crippen molar-refractivity contribution in [2.24, 2.45) is 5.92 Å². The topological polar surface area (TPSA) is 37.4 Å². The molecule has 0 aliphatic rings. The van der Waals surface area contributed by atoms with Crippen LogP contribution >= 0.6 is 0 Å². The Kier molecular flexibility index (Phi) is 5.37. The number of sulfonamides is 1. The second-order valence-electron chi connectivity index (χ2n) is 5.99. The molecular formula is C18H23NO2S. The van der Waals surface area contributed by atoms with Crippen molar-refractivity contribution in [2.75, 3.05) is 7.05 Å². The zero-order valence-electron chi connectivity index (χ0n) is 13.4. The molecule has 0 saturated heterocycles. The van der Waals surface area contributed by atoms with Gasteiger partial charge in [0.05, 0.1) is 4.90 Å². The average molecular weight is 317 g/mol. The first-order chi connectivity index (χ1) is 10.4. The molecule has 0 fully saturated rings. The number of nitrogens with zero attached hydrogens (tertiary/aromatic N) is 1. The summed E-state index contributed by atoms with van der Waals surface area (Å²) in [4.78, 5) is 0.365. The molecule has 0 amide bonds. The van der Waals surface area contributed by atoms with Crippen molar-refractivity contribution in [1.82, 2.24) is 4.31 Å². The largest absolute Gasteiger partial charge is 0.243 e. The molecule has 0 aliphatic heterocycles. The van der Waals surface area contributed by atoms with E-state index in [4.69, 9.17) is 0 Å². The Balaban J connectivity index is 2.22. The maximum Gasteiger partial charge on any atom is 0.243 e. The Labute approximate surface area is 133 Å². The lowest BCUT2D eigenvalue weighted by Gasteiger charge is -2.18.